The van der Waals surface area contributed by atoms with Crippen molar-refractivity contribution in [3.8, 4) is 0 Å². The Hall–Kier alpha value is -0.790. The molecule has 1 aliphatic carbocycles. The second-order valence-corrected chi connectivity index (χ2v) is 4.13. The maximum Gasteiger partial charge on any atom is 0.309 e. The van der Waals surface area contributed by atoms with Gasteiger partial charge in [0, 0.05) is 0 Å². The lowest BCUT2D eigenvalue weighted by molar-refractivity contribution is -0.149. The number of carbonyl (C=O) groups is 1. The van der Waals surface area contributed by atoms with Gasteiger partial charge in [-0.1, -0.05) is 5.57 Å². The molecule has 0 saturated heterocycles. The molecule has 0 bridgehead atoms. The summed E-state index contributed by atoms with van der Waals surface area (Å²) in [5.74, 6) is -0.292. The lowest BCUT2D eigenvalue weighted by atomic mass is 9.79. The highest BCUT2D eigenvalue weighted by molar-refractivity contribution is 5.75. The first-order chi connectivity index (χ1) is 5.47. The molecule has 2 heteroatoms. The Labute approximate surface area is 73.3 Å². The first-order valence-electron chi connectivity index (χ1n) is 4.34. The number of allylic oxidation sites excluding steroid dienone is 1. The average Bonchev–Trinajstić information content (AvgIpc) is 2.65. The summed E-state index contributed by atoms with van der Waals surface area (Å²) in [6, 6.07) is 0. The van der Waals surface area contributed by atoms with Crippen LogP contribution in [0.3, 0.4) is 0 Å². The van der Waals surface area contributed by atoms with Gasteiger partial charge in [0.2, 0.25) is 0 Å². The molecule has 0 aromatic carbocycles. The third-order valence-corrected chi connectivity index (χ3v) is 2.64. The number of rotatable bonds is 4. The predicted octanol–water partition coefficient (Wildman–Crippen LogP) is 2.45. The first kappa shape index (κ1) is 9.30. The van der Waals surface area contributed by atoms with Crippen molar-refractivity contribution in [1.82, 2.24) is 0 Å². The fourth-order valence-corrected chi connectivity index (χ4v) is 1.74. The van der Waals surface area contributed by atoms with Gasteiger partial charge >= 0.3 is 5.97 Å². The van der Waals surface area contributed by atoms with Crippen LogP contribution in [0.25, 0.3) is 0 Å². The van der Waals surface area contributed by atoms with E-state index in [1.165, 1.54) is 0 Å². The largest absolute Gasteiger partial charge is 0.481 e. The molecule has 0 aromatic rings. The lowest BCUT2D eigenvalue weighted by Gasteiger charge is -2.24. The van der Waals surface area contributed by atoms with Crippen LogP contribution in [0.4, 0.5) is 0 Å². The quantitative estimate of drug-likeness (QED) is 0.655. The minimum Gasteiger partial charge on any atom is -0.481 e. The molecule has 0 spiro atoms. The highest BCUT2D eigenvalue weighted by Crippen LogP contribution is 2.48. The van der Waals surface area contributed by atoms with Gasteiger partial charge in [0.1, 0.15) is 0 Å². The molecule has 1 rings (SSSR count). The average molecular weight is 168 g/mol. The van der Waals surface area contributed by atoms with E-state index in [-0.39, 0.29) is 0 Å². The minimum atomic E-state index is -0.673. The number of carboxylic acid groups (broad SMARTS) is 1. The van der Waals surface area contributed by atoms with Gasteiger partial charge in [-0.2, -0.15) is 0 Å². The van der Waals surface area contributed by atoms with Crippen molar-refractivity contribution in [3.63, 3.8) is 0 Å². The van der Waals surface area contributed by atoms with Gasteiger partial charge in [-0.15, -0.1) is 6.58 Å². The Morgan fingerprint density at radius 2 is 2.17 bits per heavy atom. The molecular weight excluding hydrogens is 152 g/mol. The first-order valence-corrected chi connectivity index (χ1v) is 4.34. The molecule has 2 nitrogen and oxygen atoms in total. The smallest absolute Gasteiger partial charge is 0.309 e. The van der Waals surface area contributed by atoms with E-state index in [9.17, 15) is 4.79 Å². The van der Waals surface area contributed by atoms with Crippen LogP contribution < -0.4 is 0 Å². The van der Waals surface area contributed by atoms with Crippen LogP contribution in [-0.4, -0.2) is 11.1 Å². The fourth-order valence-electron chi connectivity index (χ4n) is 1.74. The molecule has 1 atom stereocenters. The van der Waals surface area contributed by atoms with Crippen LogP contribution in [0, 0.1) is 11.3 Å². The minimum absolute atomic E-state index is 0.381. The molecular formula is C10H16O2. The van der Waals surface area contributed by atoms with Crippen LogP contribution in [0.15, 0.2) is 12.2 Å². The maximum absolute atomic E-state index is 11.0. The van der Waals surface area contributed by atoms with Gasteiger partial charge in [0.05, 0.1) is 5.41 Å². The molecule has 0 aliphatic heterocycles. The highest BCUT2D eigenvalue weighted by atomic mass is 16.4. The van der Waals surface area contributed by atoms with Gasteiger partial charge in [-0.25, -0.2) is 0 Å². The maximum atomic E-state index is 11.0. The van der Waals surface area contributed by atoms with E-state index in [1.807, 2.05) is 13.8 Å². The normalized spacial score (nSPS) is 21.5. The van der Waals surface area contributed by atoms with E-state index in [1.54, 1.807) is 0 Å². The third kappa shape index (κ3) is 1.68. The van der Waals surface area contributed by atoms with Gasteiger partial charge < -0.3 is 5.11 Å². The van der Waals surface area contributed by atoms with Gasteiger partial charge in [-0.3, -0.25) is 4.79 Å². The van der Waals surface area contributed by atoms with Crippen LogP contribution in [-0.2, 0) is 4.79 Å². The number of carboxylic acids is 1. The van der Waals surface area contributed by atoms with Crippen molar-refractivity contribution in [2.75, 3.05) is 0 Å². The van der Waals surface area contributed by atoms with Crippen LogP contribution >= 0.6 is 0 Å². The second-order valence-electron chi connectivity index (χ2n) is 4.13. The Kier molecular flexibility index (Phi) is 2.27. The summed E-state index contributed by atoms with van der Waals surface area (Å²) in [6.07, 6.45) is 2.75. The third-order valence-electron chi connectivity index (χ3n) is 2.64. The van der Waals surface area contributed by atoms with Crippen LogP contribution in [0.1, 0.15) is 33.1 Å². The molecule has 1 N–H and O–H groups in total. The Bertz CT molecular complexity index is 216. The van der Waals surface area contributed by atoms with E-state index in [2.05, 4.69) is 6.58 Å². The van der Waals surface area contributed by atoms with Crippen molar-refractivity contribution < 1.29 is 9.90 Å². The topological polar surface area (TPSA) is 37.3 Å². The molecule has 1 aliphatic rings. The zero-order valence-corrected chi connectivity index (χ0v) is 7.76. The molecule has 0 heterocycles. The van der Waals surface area contributed by atoms with E-state index < -0.39 is 11.4 Å². The Morgan fingerprint density at radius 1 is 1.67 bits per heavy atom. The fraction of sp³-hybridized carbons (Fsp3) is 0.700. The second kappa shape index (κ2) is 2.92. The van der Waals surface area contributed by atoms with Crippen LogP contribution in [0.2, 0.25) is 0 Å². The van der Waals surface area contributed by atoms with Crippen molar-refractivity contribution in [3.05, 3.63) is 12.2 Å². The molecule has 12 heavy (non-hydrogen) atoms. The summed E-state index contributed by atoms with van der Waals surface area (Å²) in [5, 5.41) is 9.05. The van der Waals surface area contributed by atoms with Crippen molar-refractivity contribution >= 4 is 5.97 Å². The number of hydrogen-bond donors (Lipinski definition) is 1. The van der Waals surface area contributed by atoms with Crippen molar-refractivity contribution in [2.45, 2.75) is 33.1 Å². The molecule has 68 valence electrons. The predicted molar refractivity (Wildman–Crippen MR) is 47.9 cm³/mol. The molecule has 0 aromatic heterocycles. The molecule has 1 fully saturated rings. The zero-order chi connectivity index (χ0) is 9.35. The molecule has 0 radical (unpaired) electrons. The zero-order valence-electron chi connectivity index (χ0n) is 7.76. The summed E-state index contributed by atoms with van der Waals surface area (Å²) < 4.78 is 0. The summed E-state index contributed by atoms with van der Waals surface area (Å²) >= 11 is 0. The summed E-state index contributed by atoms with van der Waals surface area (Å²) in [7, 11) is 0. The Morgan fingerprint density at radius 3 is 2.42 bits per heavy atom. The molecule has 1 saturated carbocycles. The summed E-state index contributed by atoms with van der Waals surface area (Å²) in [5.41, 5.74) is 0.415. The van der Waals surface area contributed by atoms with Crippen LogP contribution in [0.5, 0.6) is 0 Å². The van der Waals surface area contributed by atoms with Gasteiger partial charge in [0.15, 0.2) is 0 Å². The molecule has 1 unspecified atom stereocenters. The monoisotopic (exact) mass is 168 g/mol. The number of aliphatic carboxylic acids is 1. The Balaban J connectivity index is 2.71. The SMILES string of the molecule is C=C(C)CC(C)(C(=O)O)C1CC1. The summed E-state index contributed by atoms with van der Waals surface area (Å²) in [4.78, 5) is 11.0. The number of hydrogen-bond acceptors (Lipinski definition) is 1. The van der Waals surface area contributed by atoms with E-state index in [0.717, 1.165) is 18.4 Å². The van der Waals surface area contributed by atoms with Gasteiger partial charge in [-0.05, 0) is 39.0 Å². The lowest BCUT2D eigenvalue weighted by Crippen LogP contribution is -2.30. The van der Waals surface area contributed by atoms with E-state index >= 15 is 0 Å². The van der Waals surface area contributed by atoms with E-state index in [4.69, 9.17) is 5.11 Å². The van der Waals surface area contributed by atoms with Crippen molar-refractivity contribution in [1.29, 1.82) is 0 Å². The van der Waals surface area contributed by atoms with Gasteiger partial charge in [0.25, 0.3) is 0 Å². The molecule has 0 amide bonds. The van der Waals surface area contributed by atoms with Crippen molar-refractivity contribution in [2.24, 2.45) is 11.3 Å². The highest BCUT2D eigenvalue weighted by Gasteiger charge is 2.46. The standard InChI is InChI=1S/C10H16O2/c1-7(2)6-10(3,9(11)12)8-4-5-8/h8H,1,4-6H2,2-3H3,(H,11,12). The van der Waals surface area contributed by atoms with E-state index in [0.29, 0.717) is 12.3 Å². The summed E-state index contributed by atoms with van der Waals surface area (Å²) in [6.45, 7) is 7.50.